The lowest BCUT2D eigenvalue weighted by molar-refractivity contribution is 0.751. The van der Waals surface area contributed by atoms with Crippen LogP contribution in [-0.2, 0) is 6.42 Å². The van der Waals surface area contributed by atoms with E-state index in [9.17, 15) is 9.59 Å². The molecule has 0 aliphatic heterocycles. The number of aromatic amines is 1. The molecule has 0 saturated heterocycles. The first-order chi connectivity index (χ1) is 8.20. The van der Waals surface area contributed by atoms with Gasteiger partial charge in [-0.05, 0) is 19.3 Å². The Labute approximate surface area is 97.6 Å². The van der Waals surface area contributed by atoms with E-state index in [0.29, 0.717) is 6.54 Å². The number of nitrogen functional groups attached to an aromatic ring is 1. The molecule has 0 unspecified atom stereocenters. The molecule has 1 aromatic carbocycles. The number of nitrogens with zero attached hydrogens (tertiary/aromatic N) is 1. The number of hydrogen-bond acceptors (Lipinski definition) is 5. The summed E-state index contributed by atoms with van der Waals surface area (Å²) < 4.78 is 0. The third kappa shape index (κ3) is 2.35. The van der Waals surface area contributed by atoms with Gasteiger partial charge in [0.15, 0.2) is 0 Å². The Morgan fingerprint density at radius 3 is 2.76 bits per heavy atom. The van der Waals surface area contributed by atoms with Gasteiger partial charge in [0.05, 0.1) is 12.0 Å². The van der Waals surface area contributed by atoms with Gasteiger partial charge in [0.2, 0.25) is 0 Å². The normalized spacial score (nSPS) is 10.8. The van der Waals surface area contributed by atoms with Crippen molar-refractivity contribution in [3.63, 3.8) is 0 Å². The zero-order chi connectivity index (χ0) is 12.3. The summed E-state index contributed by atoms with van der Waals surface area (Å²) in [6, 6.07) is 0. The second kappa shape index (κ2) is 4.82. The molecule has 1 heterocycles. The van der Waals surface area contributed by atoms with Crippen LogP contribution in [0.4, 0.5) is 11.4 Å². The number of imidazole rings is 1. The van der Waals surface area contributed by atoms with Crippen LogP contribution in [0.5, 0.6) is 0 Å². The molecule has 0 aliphatic carbocycles. The third-order valence-electron chi connectivity index (χ3n) is 2.66. The van der Waals surface area contributed by atoms with Crippen LogP contribution in [0.15, 0.2) is 22.1 Å². The fourth-order valence-electron chi connectivity index (χ4n) is 1.66. The topological polar surface area (TPSA) is 101 Å². The summed E-state index contributed by atoms with van der Waals surface area (Å²) in [7, 11) is 0. The highest BCUT2D eigenvalue weighted by atomic mass is 16.2. The number of rotatable bonds is 6. The lowest BCUT2D eigenvalue weighted by Gasteiger charge is -2.09. The number of aryl methyl sites for hydroxylation is 1. The summed E-state index contributed by atoms with van der Waals surface area (Å²) in [4.78, 5) is 28.9. The van der Waals surface area contributed by atoms with Crippen LogP contribution < -0.4 is 21.9 Å². The Kier molecular flexibility index (Phi) is 3.22. The number of unbranched alkanes of at least 4 members (excludes halogenated alkanes) is 1. The lowest BCUT2D eigenvalue weighted by atomic mass is 10.1. The standard InChI is InChI=1S/C11H14N4O2/c12-8-9(11(17)10(8)16)14-4-2-1-3-7-5-13-6-15-7/h5-6,14H,1-4,12H2,(H,13,15). The first-order valence-corrected chi connectivity index (χ1v) is 5.50. The largest absolute Gasteiger partial charge is 0.394 e. The summed E-state index contributed by atoms with van der Waals surface area (Å²) in [6.07, 6.45) is 6.27. The minimum atomic E-state index is -0.580. The van der Waals surface area contributed by atoms with E-state index in [1.807, 2.05) is 6.20 Å². The van der Waals surface area contributed by atoms with Gasteiger partial charge in [-0.3, -0.25) is 9.59 Å². The highest BCUT2D eigenvalue weighted by Gasteiger charge is 2.16. The van der Waals surface area contributed by atoms with Crippen molar-refractivity contribution in [3.8, 4) is 0 Å². The fourth-order valence-corrected chi connectivity index (χ4v) is 1.66. The predicted molar refractivity (Wildman–Crippen MR) is 65.8 cm³/mol. The number of nitrogens with two attached hydrogens (primary N) is 1. The highest BCUT2D eigenvalue weighted by molar-refractivity contribution is 5.71. The molecule has 0 atom stereocenters. The monoisotopic (exact) mass is 234 g/mol. The number of H-pyrrole nitrogens is 1. The molecule has 0 radical (unpaired) electrons. The number of nitrogens with one attached hydrogen (secondary N) is 2. The van der Waals surface area contributed by atoms with Crippen LogP contribution >= 0.6 is 0 Å². The number of hydrogen-bond donors (Lipinski definition) is 3. The van der Waals surface area contributed by atoms with Crippen LogP contribution in [0.2, 0.25) is 0 Å². The Bertz CT molecular complexity index is 552. The van der Waals surface area contributed by atoms with E-state index in [2.05, 4.69) is 15.3 Å². The lowest BCUT2D eigenvalue weighted by Crippen LogP contribution is -2.37. The van der Waals surface area contributed by atoms with E-state index >= 15 is 0 Å². The summed E-state index contributed by atoms with van der Waals surface area (Å²) in [5.74, 6) is 0. The molecule has 0 amide bonds. The van der Waals surface area contributed by atoms with Crippen molar-refractivity contribution < 1.29 is 0 Å². The molecule has 2 rings (SSSR count). The van der Waals surface area contributed by atoms with Crippen molar-refractivity contribution >= 4 is 11.4 Å². The molecule has 6 nitrogen and oxygen atoms in total. The maximum Gasteiger partial charge on any atom is 0.253 e. The van der Waals surface area contributed by atoms with Crippen molar-refractivity contribution in [1.82, 2.24) is 9.97 Å². The summed E-state index contributed by atoms with van der Waals surface area (Å²) in [5, 5.41) is 2.89. The molecule has 6 heteroatoms. The Morgan fingerprint density at radius 1 is 1.29 bits per heavy atom. The van der Waals surface area contributed by atoms with Crippen LogP contribution in [0.25, 0.3) is 0 Å². The van der Waals surface area contributed by atoms with Gasteiger partial charge in [-0.1, -0.05) is 0 Å². The van der Waals surface area contributed by atoms with Crippen molar-refractivity contribution in [1.29, 1.82) is 0 Å². The third-order valence-corrected chi connectivity index (χ3v) is 2.66. The molecule has 0 saturated carbocycles. The van der Waals surface area contributed by atoms with Gasteiger partial charge in [-0.2, -0.15) is 0 Å². The maximum atomic E-state index is 11.1. The minimum absolute atomic E-state index is 0.0577. The van der Waals surface area contributed by atoms with Gasteiger partial charge >= 0.3 is 0 Å². The molecule has 0 fully saturated rings. The SMILES string of the molecule is Nc1c(NCCCCc2c[nH]cn2)c(=O)c1=O. The molecular weight excluding hydrogens is 220 g/mol. The van der Waals surface area contributed by atoms with E-state index in [-0.39, 0.29) is 11.4 Å². The molecule has 0 spiro atoms. The van der Waals surface area contributed by atoms with Gasteiger partial charge in [0, 0.05) is 12.7 Å². The summed E-state index contributed by atoms with van der Waals surface area (Å²) >= 11 is 0. The fraction of sp³-hybridized carbons (Fsp3) is 0.364. The molecular formula is C11H14N4O2. The van der Waals surface area contributed by atoms with E-state index in [1.165, 1.54) is 0 Å². The van der Waals surface area contributed by atoms with E-state index in [4.69, 9.17) is 5.73 Å². The molecule has 4 N–H and O–H groups in total. The second-order valence-electron chi connectivity index (χ2n) is 3.89. The maximum absolute atomic E-state index is 11.1. The van der Waals surface area contributed by atoms with Crippen LogP contribution in [0, 0.1) is 0 Å². The molecule has 0 aliphatic rings. The zero-order valence-corrected chi connectivity index (χ0v) is 9.32. The first-order valence-electron chi connectivity index (χ1n) is 5.50. The van der Waals surface area contributed by atoms with Gasteiger partial charge < -0.3 is 16.0 Å². The van der Waals surface area contributed by atoms with E-state index < -0.39 is 10.9 Å². The van der Waals surface area contributed by atoms with E-state index in [0.717, 1.165) is 25.0 Å². The minimum Gasteiger partial charge on any atom is -0.394 e. The average Bonchev–Trinajstić information content (AvgIpc) is 2.85. The highest BCUT2D eigenvalue weighted by Crippen LogP contribution is 2.09. The molecule has 2 aromatic rings. The summed E-state index contributed by atoms with van der Waals surface area (Å²) in [5.41, 5.74) is 5.65. The van der Waals surface area contributed by atoms with Crippen molar-refractivity contribution in [2.45, 2.75) is 19.3 Å². The number of aromatic nitrogens is 2. The van der Waals surface area contributed by atoms with Gasteiger partial charge in [0.25, 0.3) is 10.9 Å². The molecule has 90 valence electrons. The Balaban J connectivity index is 1.67. The van der Waals surface area contributed by atoms with Crippen LogP contribution in [0.1, 0.15) is 18.5 Å². The summed E-state index contributed by atoms with van der Waals surface area (Å²) in [6.45, 7) is 0.638. The van der Waals surface area contributed by atoms with Crippen LogP contribution in [0.3, 0.4) is 0 Å². The average molecular weight is 234 g/mol. The first kappa shape index (κ1) is 11.4. The molecule has 0 bridgehead atoms. The van der Waals surface area contributed by atoms with Gasteiger partial charge in [-0.25, -0.2) is 4.98 Å². The molecule has 17 heavy (non-hydrogen) atoms. The number of anilines is 2. The van der Waals surface area contributed by atoms with Crippen molar-refractivity contribution in [2.75, 3.05) is 17.6 Å². The zero-order valence-electron chi connectivity index (χ0n) is 9.32. The predicted octanol–water partition coefficient (Wildman–Crippen LogP) is 0.0227. The van der Waals surface area contributed by atoms with Crippen molar-refractivity contribution in [3.05, 3.63) is 38.7 Å². The Hall–Kier alpha value is -2.11. The Morgan fingerprint density at radius 2 is 2.12 bits per heavy atom. The van der Waals surface area contributed by atoms with Gasteiger partial charge in [0.1, 0.15) is 11.4 Å². The smallest absolute Gasteiger partial charge is 0.253 e. The van der Waals surface area contributed by atoms with Crippen molar-refractivity contribution in [2.24, 2.45) is 0 Å². The van der Waals surface area contributed by atoms with Crippen LogP contribution in [-0.4, -0.2) is 16.5 Å². The molecule has 1 aromatic heterocycles. The quantitative estimate of drug-likeness (QED) is 0.483. The van der Waals surface area contributed by atoms with E-state index in [1.54, 1.807) is 6.33 Å². The van der Waals surface area contributed by atoms with Gasteiger partial charge in [-0.15, -0.1) is 0 Å². The second-order valence-corrected chi connectivity index (χ2v) is 3.89.